The second-order valence-electron chi connectivity index (χ2n) is 11.9. The molecule has 2 bridgehead atoms. The predicted octanol–water partition coefficient (Wildman–Crippen LogP) is 6.66. The minimum atomic E-state index is -0.814. The largest absolute Gasteiger partial charge is 0.490 e. The fraction of sp³-hybridized carbons (Fsp3) is 0.243. The zero-order chi connectivity index (χ0) is 34.9. The Kier molecular flexibility index (Phi) is 9.17. The van der Waals surface area contributed by atoms with Crippen molar-refractivity contribution < 1.29 is 27.8 Å². The SMILES string of the molecule is C=CC(=O)N1Cc2cc(-c3nc4c5ccsc5c3-c3c(F)cc(F)cc3OCCOC/C=C/COc3cc(N)c(C=NC)cc3-4)nn2CC1C. The fourth-order valence-electron chi connectivity index (χ4n) is 6.31. The Bertz CT molecular complexity index is 2190. The molecular formula is C37H34F2N6O4S. The molecule has 3 aromatic heterocycles. The number of pyridine rings is 1. The molecule has 2 aromatic carbocycles. The lowest BCUT2D eigenvalue weighted by molar-refractivity contribution is -0.129. The molecule has 0 saturated heterocycles. The van der Waals surface area contributed by atoms with E-state index in [-0.39, 0.29) is 49.7 Å². The summed E-state index contributed by atoms with van der Waals surface area (Å²) in [6.07, 6.45) is 6.61. The molecule has 0 fully saturated rings. The second kappa shape index (κ2) is 13.8. The number of amides is 1. The molecule has 0 saturated carbocycles. The fourth-order valence-corrected chi connectivity index (χ4v) is 7.25. The lowest BCUT2D eigenvalue weighted by Gasteiger charge is -2.33. The number of aromatic nitrogens is 3. The highest BCUT2D eigenvalue weighted by molar-refractivity contribution is 7.18. The van der Waals surface area contributed by atoms with Gasteiger partial charge in [0.1, 0.15) is 47.7 Å². The highest BCUT2D eigenvalue weighted by Crippen LogP contribution is 2.48. The third-order valence-corrected chi connectivity index (χ3v) is 9.58. The van der Waals surface area contributed by atoms with Gasteiger partial charge in [-0.2, -0.15) is 5.10 Å². The van der Waals surface area contributed by atoms with Crippen LogP contribution in [0.2, 0.25) is 0 Å². The molecule has 0 aliphatic carbocycles. The number of hydrogen-bond acceptors (Lipinski definition) is 9. The first-order chi connectivity index (χ1) is 24.3. The van der Waals surface area contributed by atoms with E-state index in [2.05, 4.69) is 11.6 Å². The summed E-state index contributed by atoms with van der Waals surface area (Å²) in [5.41, 5.74) is 10.8. The first kappa shape index (κ1) is 33.1. The van der Waals surface area contributed by atoms with Gasteiger partial charge in [0, 0.05) is 70.0 Å². The van der Waals surface area contributed by atoms with Gasteiger partial charge in [0.2, 0.25) is 5.91 Å². The van der Waals surface area contributed by atoms with E-state index in [0.29, 0.717) is 68.4 Å². The molecule has 1 atom stereocenters. The normalized spacial score (nSPS) is 17.0. The highest BCUT2D eigenvalue weighted by atomic mass is 32.1. The number of nitrogens with zero attached hydrogens (tertiary/aromatic N) is 5. The Morgan fingerprint density at radius 1 is 1.08 bits per heavy atom. The maximum Gasteiger partial charge on any atom is 0.246 e. The molecule has 50 heavy (non-hydrogen) atoms. The van der Waals surface area contributed by atoms with Gasteiger partial charge in [0.05, 0.1) is 43.3 Å². The molecule has 7 rings (SSSR count). The predicted molar refractivity (Wildman–Crippen MR) is 191 cm³/mol. The first-order valence-corrected chi connectivity index (χ1v) is 16.9. The van der Waals surface area contributed by atoms with Crippen LogP contribution >= 0.6 is 11.3 Å². The molecule has 1 unspecified atom stereocenters. The number of hydrogen-bond donors (Lipinski definition) is 1. The number of carbonyl (C=O) groups is 1. The number of aliphatic imine (C=N–C) groups is 1. The molecule has 2 N–H and O–H groups in total. The topological polar surface area (TPSA) is 117 Å². The van der Waals surface area contributed by atoms with Crippen molar-refractivity contribution in [1.29, 1.82) is 0 Å². The van der Waals surface area contributed by atoms with Crippen LogP contribution in [0.4, 0.5) is 14.5 Å². The Balaban J connectivity index is 1.55. The van der Waals surface area contributed by atoms with Crippen molar-refractivity contribution in [2.45, 2.75) is 26.1 Å². The number of fused-ring (bicyclic) bond motifs is 5. The number of nitrogen functional groups attached to an aromatic ring is 1. The van der Waals surface area contributed by atoms with Crippen molar-refractivity contribution in [3.8, 4) is 45.3 Å². The molecule has 10 nitrogen and oxygen atoms in total. The van der Waals surface area contributed by atoms with Crippen LogP contribution in [0.1, 0.15) is 18.2 Å². The van der Waals surface area contributed by atoms with E-state index < -0.39 is 11.6 Å². The number of halogens is 2. The average molecular weight is 697 g/mol. The van der Waals surface area contributed by atoms with Crippen LogP contribution in [0.15, 0.2) is 71.6 Å². The Morgan fingerprint density at radius 2 is 1.92 bits per heavy atom. The van der Waals surface area contributed by atoms with Gasteiger partial charge in [-0.3, -0.25) is 14.5 Å². The Morgan fingerprint density at radius 3 is 2.74 bits per heavy atom. The maximum absolute atomic E-state index is 16.2. The van der Waals surface area contributed by atoms with Gasteiger partial charge in [0.25, 0.3) is 0 Å². The van der Waals surface area contributed by atoms with Gasteiger partial charge in [-0.05, 0) is 42.7 Å². The van der Waals surface area contributed by atoms with E-state index in [1.807, 2.05) is 47.3 Å². The van der Waals surface area contributed by atoms with Crippen LogP contribution < -0.4 is 15.2 Å². The molecule has 5 heterocycles. The molecule has 0 spiro atoms. The molecule has 5 aromatic rings. The zero-order valence-electron chi connectivity index (χ0n) is 27.5. The Hall–Kier alpha value is -5.40. The highest BCUT2D eigenvalue weighted by Gasteiger charge is 2.31. The van der Waals surface area contributed by atoms with Crippen LogP contribution in [-0.2, 0) is 22.6 Å². The van der Waals surface area contributed by atoms with Crippen LogP contribution in [0.3, 0.4) is 0 Å². The number of anilines is 1. The summed E-state index contributed by atoms with van der Waals surface area (Å²) in [6, 6.07) is 9.23. The number of thiophene rings is 1. The third kappa shape index (κ3) is 6.14. The van der Waals surface area contributed by atoms with E-state index in [4.69, 9.17) is 30.0 Å². The van der Waals surface area contributed by atoms with Crippen molar-refractivity contribution >= 4 is 39.2 Å². The molecule has 0 radical (unpaired) electrons. The van der Waals surface area contributed by atoms with E-state index >= 15 is 4.39 Å². The number of carbonyl (C=O) groups excluding carboxylic acids is 1. The summed E-state index contributed by atoms with van der Waals surface area (Å²) < 4.78 is 51.5. The maximum atomic E-state index is 16.2. The van der Waals surface area contributed by atoms with E-state index in [1.165, 1.54) is 23.5 Å². The molecule has 13 heteroatoms. The summed E-state index contributed by atoms with van der Waals surface area (Å²) >= 11 is 1.39. The van der Waals surface area contributed by atoms with Gasteiger partial charge in [-0.1, -0.05) is 12.7 Å². The third-order valence-electron chi connectivity index (χ3n) is 8.65. The molecule has 2 aliphatic heterocycles. The molecular weight excluding hydrogens is 663 g/mol. The summed E-state index contributed by atoms with van der Waals surface area (Å²) in [6.45, 7) is 7.06. The minimum Gasteiger partial charge on any atom is -0.490 e. The van der Waals surface area contributed by atoms with E-state index in [1.54, 1.807) is 24.2 Å². The van der Waals surface area contributed by atoms with Gasteiger partial charge in [-0.15, -0.1) is 11.3 Å². The summed E-state index contributed by atoms with van der Waals surface area (Å²) in [4.78, 5) is 23.8. The molecule has 2 aliphatic rings. The van der Waals surface area contributed by atoms with Gasteiger partial charge < -0.3 is 24.8 Å². The number of benzene rings is 2. The van der Waals surface area contributed by atoms with Crippen LogP contribution in [0, 0.1) is 11.6 Å². The first-order valence-electron chi connectivity index (χ1n) is 16.0. The quantitative estimate of drug-likeness (QED) is 0.0970. The van der Waals surface area contributed by atoms with Crippen molar-refractivity contribution in [3.05, 3.63) is 89.5 Å². The van der Waals surface area contributed by atoms with Gasteiger partial charge >= 0.3 is 0 Å². The lowest BCUT2D eigenvalue weighted by atomic mass is 9.95. The smallest absolute Gasteiger partial charge is 0.246 e. The van der Waals surface area contributed by atoms with Crippen molar-refractivity contribution in [2.24, 2.45) is 4.99 Å². The zero-order valence-corrected chi connectivity index (χ0v) is 28.3. The lowest BCUT2D eigenvalue weighted by Crippen LogP contribution is -2.44. The number of nitrogens with two attached hydrogens (primary N) is 1. The van der Waals surface area contributed by atoms with E-state index in [0.717, 1.165) is 11.8 Å². The molecule has 1 amide bonds. The van der Waals surface area contributed by atoms with Crippen molar-refractivity contribution in [1.82, 2.24) is 19.7 Å². The van der Waals surface area contributed by atoms with Crippen LogP contribution in [-0.4, -0.2) is 71.3 Å². The second-order valence-corrected chi connectivity index (χ2v) is 12.8. The summed E-state index contributed by atoms with van der Waals surface area (Å²) in [5, 5.41) is 7.56. The van der Waals surface area contributed by atoms with Crippen molar-refractivity contribution in [2.75, 3.05) is 39.2 Å². The van der Waals surface area contributed by atoms with Crippen LogP contribution in [0.25, 0.3) is 43.9 Å². The standard InChI is InChI=1S/C37H34F2N6O4S/c1-4-32(46)44-20-24-16-29(43-45(24)19-21(44)2)36-34-33-27(39)14-23(38)15-31(33)49-11-10-47-8-5-6-9-48-30-17-28(40)22(18-41-3)13-26(30)35(42-36)25-7-12-50-37(25)34/h4-7,12-18,21H,1,8-11,19-20,40H2,2-3H3/b6-5+,41-18?. The number of ether oxygens (including phenoxy) is 3. The monoisotopic (exact) mass is 696 g/mol. The van der Waals surface area contributed by atoms with Gasteiger partial charge in [-0.25, -0.2) is 13.8 Å². The summed E-state index contributed by atoms with van der Waals surface area (Å²) in [5.74, 6) is -1.29. The minimum absolute atomic E-state index is 0.00904. The average Bonchev–Trinajstić information content (AvgIpc) is 3.75. The molecule has 256 valence electrons. The van der Waals surface area contributed by atoms with Gasteiger partial charge in [0.15, 0.2) is 0 Å². The summed E-state index contributed by atoms with van der Waals surface area (Å²) in [7, 11) is 1.66. The Labute approximate surface area is 291 Å². The van der Waals surface area contributed by atoms with Crippen LogP contribution in [0.5, 0.6) is 11.5 Å². The van der Waals surface area contributed by atoms with Crippen molar-refractivity contribution in [3.63, 3.8) is 0 Å². The van der Waals surface area contributed by atoms with E-state index in [9.17, 15) is 9.18 Å². The number of rotatable bonds is 3.